The maximum Gasteiger partial charge on any atom is 0.321 e. The molecule has 0 aliphatic heterocycles. The average molecular weight is 405 g/mol. The van der Waals surface area contributed by atoms with Crippen LogP contribution in [0.1, 0.15) is 56.0 Å². The van der Waals surface area contributed by atoms with Crippen LogP contribution in [0.15, 0.2) is 66.7 Å². The third kappa shape index (κ3) is 5.69. The summed E-state index contributed by atoms with van der Waals surface area (Å²) >= 11 is 0. The number of Topliss-reactive ketones (excluding diaryl/α,β-unsaturated/α-hetero) is 1. The van der Waals surface area contributed by atoms with Crippen LogP contribution < -0.4 is 0 Å². The van der Waals surface area contributed by atoms with Gasteiger partial charge in [-0.2, -0.15) is 0 Å². The minimum atomic E-state index is -0.947. The first kappa shape index (κ1) is 22.0. The van der Waals surface area contributed by atoms with Crippen molar-refractivity contribution in [2.24, 2.45) is 23.7 Å². The minimum absolute atomic E-state index is 0.127. The molecule has 0 spiro atoms. The minimum Gasteiger partial charge on any atom is -0.461 e. The van der Waals surface area contributed by atoms with Crippen molar-refractivity contribution in [1.82, 2.24) is 0 Å². The van der Waals surface area contributed by atoms with E-state index in [1.54, 1.807) is 18.2 Å². The molecular weight excluding hydrogens is 372 g/mol. The molecule has 0 amide bonds. The molecule has 0 radical (unpaired) electrons. The molecule has 158 valence electrons. The first-order chi connectivity index (χ1) is 14.5. The molecular formula is C27H32O3. The van der Waals surface area contributed by atoms with E-state index >= 15 is 0 Å². The van der Waals surface area contributed by atoms with Gasteiger partial charge in [-0.05, 0) is 36.2 Å². The standard InChI is InChI=1S/C27H32O3/c1-19(2)23-16-14-20(3)18-25(23)30-27(29)24(17-15-21-10-6-4-7-11-21)26(28)22-12-8-5-9-13-22/h4-13,15,17,19-20,23-25H,14,16,18H2,1-3H3/b17-15+/t20-,23-,24-,25-/m1/s1. The van der Waals surface area contributed by atoms with E-state index in [0.29, 0.717) is 23.3 Å². The van der Waals surface area contributed by atoms with Crippen LogP contribution in [0.25, 0.3) is 6.08 Å². The van der Waals surface area contributed by atoms with Crippen molar-refractivity contribution >= 4 is 17.8 Å². The SMILES string of the molecule is CC(C)[C@H]1CC[C@@H](C)C[C@H]1OC(=O)[C@H](/C=C/c1ccccc1)C(=O)c1ccccc1. The number of carbonyl (C=O) groups is 2. The van der Waals surface area contributed by atoms with Crippen LogP contribution in [-0.2, 0) is 9.53 Å². The Bertz CT molecular complexity index is 854. The topological polar surface area (TPSA) is 43.4 Å². The van der Waals surface area contributed by atoms with E-state index in [1.807, 2.05) is 54.6 Å². The Balaban J connectivity index is 1.84. The van der Waals surface area contributed by atoms with Crippen molar-refractivity contribution in [1.29, 1.82) is 0 Å². The largest absolute Gasteiger partial charge is 0.461 e. The van der Waals surface area contributed by atoms with Gasteiger partial charge in [-0.25, -0.2) is 0 Å². The lowest BCUT2D eigenvalue weighted by atomic mass is 9.75. The molecule has 1 aliphatic rings. The summed E-state index contributed by atoms with van der Waals surface area (Å²) in [5, 5.41) is 0. The molecule has 0 N–H and O–H groups in total. The van der Waals surface area contributed by atoms with Gasteiger partial charge in [-0.3, -0.25) is 9.59 Å². The lowest BCUT2D eigenvalue weighted by molar-refractivity contribution is -0.157. The van der Waals surface area contributed by atoms with E-state index in [-0.39, 0.29) is 11.9 Å². The number of ether oxygens (including phenoxy) is 1. The van der Waals surface area contributed by atoms with Crippen LogP contribution in [0.2, 0.25) is 0 Å². The van der Waals surface area contributed by atoms with E-state index in [2.05, 4.69) is 20.8 Å². The molecule has 4 atom stereocenters. The number of rotatable bonds is 7. The zero-order valence-electron chi connectivity index (χ0n) is 18.2. The van der Waals surface area contributed by atoms with E-state index in [9.17, 15) is 9.59 Å². The van der Waals surface area contributed by atoms with Crippen molar-refractivity contribution in [3.8, 4) is 0 Å². The Kier molecular flexibility index (Phi) is 7.62. The molecule has 0 bridgehead atoms. The molecule has 0 saturated heterocycles. The average Bonchev–Trinajstić information content (AvgIpc) is 2.75. The first-order valence-electron chi connectivity index (χ1n) is 11.0. The quantitative estimate of drug-likeness (QED) is 0.313. The molecule has 3 rings (SSSR count). The summed E-state index contributed by atoms with van der Waals surface area (Å²) in [6.45, 7) is 6.58. The third-order valence-electron chi connectivity index (χ3n) is 6.10. The van der Waals surface area contributed by atoms with Crippen molar-refractivity contribution in [2.45, 2.75) is 46.1 Å². The second kappa shape index (κ2) is 10.4. The summed E-state index contributed by atoms with van der Waals surface area (Å²) in [5.41, 5.74) is 1.47. The number of ketones is 1. The molecule has 0 heterocycles. The number of benzene rings is 2. The highest BCUT2D eigenvalue weighted by atomic mass is 16.5. The Hall–Kier alpha value is -2.68. The summed E-state index contributed by atoms with van der Waals surface area (Å²) in [6.07, 6.45) is 6.48. The van der Waals surface area contributed by atoms with Gasteiger partial charge in [0.25, 0.3) is 0 Å². The van der Waals surface area contributed by atoms with Crippen molar-refractivity contribution < 1.29 is 14.3 Å². The number of esters is 1. The smallest absolute Gasteiger partial charge is 0.321 e. The van der Waals surface area contributed by atoms with E-state index in [4.69, 9.17) is 4.74 Å². The van der Waals surface area contributed by atoms with Gasteiger partial charge in [0.2, 0.25) is 0 Å². The van der Waals surface area contributed by atoms with Crippen LogP contribution in [0.3, 0.4) is 0 Å². The van der Waals surface area contributed by atoms with Gasteiger partial charge in [-0.15, -0.1) is 0 Å². The molecule has 1 aliphatic carbocycles. The monoisotopic (exact) mass is 404 g/mol. The highest BCUT2D eigenvalue weighted by Gasteiger charge is 2.36. The summed E-state index contributed by atoms with van der Waals surface area (Å²) in [6, 6.07) is 18.7. The normalized spacial score (nSPS) is 22.7. The molecule has 2 aromatic carbocycles. The van der Waals surface area contributed by atoms with Gasteiger partial charge in [0.1, 0.15) is 12.0 Å². The fourth-order valence-electron chi connectivity index (χ4n) is 4.30. The predicted octanol–water partition coefficient (Wildman–Crippen LogP) is 6.20. The number of hydrogen-bond donors (Lipinski definition) is 0. The zero-order valence-corrected chi connectivity index (χ0v) is 18.2. The van der Waals surface area contributed by atoms with Gasteiger partial charge >= 0.3 is 5.97 Å². The zero-order chi connectivity index (χ0) is 21.5. The third-order valence-corrected chi connectivity index (χ3v) is 6.10. The summed E-state index contributed by atoms with van der Waals surface area (Å²) in [5.74, 6) is -0.300. The first-order valence-corrected chi connectivity index (χ1v) is 11.0. The lowest BCUT2D eigenvalue weighted by Gasteiger charge is -2.37. The maximum atomic E-state index is 13.2. The summed E-state index contributed by atoms with van der Waals surface area (Å²) < 4.78 is 6.02. The summed E-state index contributed by atoms with van der Waals surface area (Å²) in [7, 11) is 0. The Morgan fingerprint density at radius 1 is 0.967 bits per heavy atom. The predicted molar refractivity (Wildman–Crippen MR) is 121 cm³/mol. The fourth-order valence-corrected chi connectivity index (χ4v) is 4.30. The van der Waals surface area contributed by atoms with Crippen LogP contribution in [0.4, 0.5) is 0 Å². The molecule has 30 heavy (non-hydrogen) atoms. The lowest BCUT2D eigenvalue weighted by Crippen LogP contribution is -2.38. The van der Waals surface area contributed by atoms with Crippen LogP contribution >= 0.6 is 0 Å². The number of carbonyl (C=O) groups excluding carboxylic acids is 2. The second-order valence-corrected chi connectivity index (χ2v) is 8.78. The van der Waals surface area contributed by atoms with Crippen molar-refractivity contribution in [3.05, 3.63) is 77.9 Å². The van der Waals surface area contributed by atoms with E-state index in [1.165, 1.54) is 0 Å². The molecule has 0 aromatic heterocycles. The Morgan fingerprint density at radius 3 is 2.23 bits per heavy atom. The molecule has 3 heteroatoms. The van der Waals surface area contributed by atoms with Crippen molar-refractivity contribution in [2.75, 3.05) is 0 Å². The van der Waals surface area contributed by atoms with Crippen LogP contribution in [0.5, 0.6) is 0 Å². The van der Waals surface area contributed by atoms with Gasteiger partial charge in [-0.1, -0.05) is 100 Å². The molecule has 0 unspecified atom stereocenters. The molecule has 3 nitrogen and oxygen atoms in total. The Morgan fingerprint density at radius 2 is 1.60 bits per heavy atom. The van der Waals surface area contributed by atoms with Gasteiger partial charge in [0.05, 0.1) is 0 Å². The maximum absolute atomic E-state index is 13.2. The van der Waals surface area contributed by atoms with Crippen LogP contribution in [-0.4, -0.2) is 17.9 Å². The summed E-state index contributed by atoms with van der Waals surface area (Å²) in [4.78, 5) is 26.4. The highest BCUT2D eigenvalue weighted by molar-refractivity contribution is 6.10. The Labute approximate surface area is 180 Å². The fraction of sp³-hybridized carbons (Fsp3) is 0.407. The van der Waals surface area contributed by atoms with Crippen LogP contribution in [0, 0.1) is 23.7 Å². The number of hydrogen-bond acceptors (Lipinski definition) is 3. The molecule has 1 saturated carbocycles. The van der Waals surface area contributed by atoms with Crippen molar-refractivity contribution in [3.63, 3.8) is 0 Å². The van der Waals surface area contributed by atoms with E-state index in [0.717, 1.165) is 24.8 Å². The second-order valence-electron chi connectivity index (χ2n) is 8.78. The molecule has 2 aromatic rings. The van der Waals surface area contributed by atoms with Gasteiger partial charge in [0.15, 0.2) is 5.78 Å². The highest BCUT2D eigenvalue weighted by Crippen LogP contribution is 2.36. The van der Waals surface area contributed by atoms with Gasteiger partial charge in [0, 0.05) is 5.56 Å². The van der Waals surface area contributed by atoms with Gasteiger partial charge < -0.3 is 4.74 Å². The van der Waals surface area contributed by atoms with E-state index < -0.39 is 11.9 Å². The molecule has 1 fully saturated rings.